The number of rotatable bonds is 13. The molecule has 0 aliphatic rings. The van der Waals surface area contributed by atoms with Crippen LogP contribution in [-0.4, -0.2) is 17.1 Å². The number of ether oxygens (including phenoxy) is 1. The fourth-order valence-corrected chi connectivity index (χ4v) is 3.29. The molecule has 0 radical (unpaired) electrons. The number of unbranched alkanes of at least 4 members (excludes halogenated alkanes) is 9. The van der Waals surface area contributed by atoms with E-state index in [0.29, 0.717) is 3.92 Å². The number of hydrogen-bond acceptors (Lipinski definition) is 1. The predicted octanol–water partition coefficient (Wildman–Crippen LogP) is 6.53. The van der Waals surface area contributed by atoms with Gasteiger partial charge in [0.25, 0.3) is 0 Å². The first kappa shape index (κ1) is 21.2. The molecule has 0 heterocycles. The number of hydrogen-bond donors (Lipinski definition) is 0. The number of halogens is 1. The molecule has 124 valence electrons. The van der Waals surface area contributed by atoms with Gasteiger partial charge in [-0.15, -0.1) is 5.92 Å². The zero-order chi connectivity index (χ0) is 15.8. The van der Waals surface area contributed by atoms with Crippen LogP contribution in [0.5, 0.6) is 0 Å². The molecule has 21 heavy (non-hydrogen) atoms. The van der Waals surface area contributed by atoms with Gasteiger partial charge < -0.3 is 4.74 Å². The summed E-state index contributed by atoms with van der Waals surface area (Å²) in [5, 5.41) is 0. The molecule has 0 rings (SSSR count). The minimum atomic E-state index is 0.118. The van der Waals surface area contributed by atoms with Gasteiger partial charge in [-0.25, -0.2) is 0 Å². The van der Waals surface area contributed by atoms with E-state index in [4.69, 9.17) is 4.74 Å². The lowest BCUT2D eigenvalue weighted by Gasteiger charge is -2.16. The highest BCUT2D eigenvalue weighted by Gasteiger charge is 2.15. The summed E-state index contributed by atoms with van der Waals surface area (Å²) >= 11 is 2.52. The van der Waals surface area contributed by atoms with Crippen molar-refractivity contribution in [2.75, 3.05) is 7.11 Å². The van der Waals surface area contributed by atoms with Crippen LogP contribution >= 0.6 is 22.6 Å². The van der Waals surface area contributed by atoms with E-state index in [1.807, 2.05) is 0 Å². The molecule has 2 atom stereocenters. The van der Waals surface area contributed by atoms with Crippen LogP contribution in [0.4, 0.5) is 0 Å². The summed E-state index contributed by atoms with van der Waals surface area (Å²) in [6.07, 6.45) is 15.7. The minimum Gasteiger partial charge on any atom is -0.368 e. The highest BCUT2D eigenvalue weighted by Crippen LogP contribution is 2.18. The fraction of sp³-hybridized carbons (Fsp3) is 0.895. The van der Waals surface area contributed by atoms with Crippen LogP contribution in [0.25, 0.3) is 0 Å². The molecule has 0 amide bonds. The second-order valence-electron chi connectivity index (χ2n) is 5.86. The quantitative estimate of drug-likeness (QED) is 0.146. The molecular weight excluding hydrogens is 371 g/mol. The summed E-state index contributed by atoms with van der Waals surface area (Å²) in [7, 11) is 1.79. The van der Waals surface area contributed by atoms with Gasteiger partial charge >= 0.3 is 0 Å². The normalized spacial score (nSPS) is 13.5. The molecule has 0 unspecified atom stereocenters. The maximum atomic E-state index is 5.55. The van der Waals surface area contributed by atoms with Crippen molar-refractivity contribution >= 4 is 22.6 Å². The Morgan fingerprint density at radius 1 is 0.857 bits per heavy atom. The van der Waals surface area contributed by atoms with Crippen molar-refractivity contribution in [2.24, 2.45) is 0 Å². The SMILES string of the molecule is CCCCCCC#C[C@H](OC)[C@H](I)CCCCCCCC. The van der Waals surface area contributed by atoms with Crippen LogP contribution in [0.1, 0.15) is 90.9 Å². The number of methoxy groups -OCH3 is 1. The lowest BCUT2D eigenvalue weighted by atomic mass is 10.1. The van der Waals surface area contributed by atoms with E-state index in [0.717, 1.165) is 6.42 Å². The van der Waals surface area contributed by atoms with E-state index in [2.05, 4.69) is 48.3 Å². The van der Waals surface area contributed by atoms with Crippen molar-refractivity contribution in [3.8, 4) is 11.8 Å². The molecule has 0 saturated carbocycles. The van der Waals surface area contributed by atoms with Gasteiger partial charge in [0.1, 0.15) is 6.10 Å². The van der Waals surface area contributed by atoms with Crippen molar-refractivity contribution in [3.63, 3.8) is 0 Å². The summed E-state index contributed by atoms with van der Waals surface area (Å²) in [5.74, 6) is 6.64. The summed E-state index contributed by atoms with van der Waals surface area (Å²) in [5.41, 5.74) is 0. The standard InChI is InChI=1S/C19H35IO/c1-4-6-8-10-12-14-16-18(20)19(21-3)17-15-13-11-9-7-5-2/h18-19H,4-14,16H2,1-3H3/t18-,19+/m1/s1. The largest absolute Gasteiger partial charge is 0.368 e. The average molecular weight is 406 g/mol. The van der Waals surface area contributed by atoms with Gasteiger partial charge in [0.05, 0.1) is 0 Å². The Labute approximate surface area is 147 Å². The molecule has 2 heteroatoms. The van der Waals surface area contributed by atoms with Crippen LogP contribution in [0.15, 0.2) is 0 Å². The molecule has 0 aromatic carbocycles. The smallest absolute Gasteiger partial charge is 0.129 e. The van der Waals surface area contributed by atoms with E-state index in [1.54, 1.807) is 7.11 Å². The lowest BCUT2D eigenvalue weighted by molar-refractivity contribution is 0.146. The Balaban J connectivity index is 3.75. The van der Waals surface area contributed by atoms with Gasteiger partial charge in [-0.1, -0.05) is 100 Å². The molecular formula is C19H35IO. The molecule has 0 saturated heterocycles. The van der Waals surface area contributed by atoms with Crippen LogP contribution in [0, 0.1) is 11.8 Å². The zero-order valence-corrected chi connectivity index (χ0v) is 16.6. The Morgan fingerprint density at radius 2 is 1.43 bits per heavy atom. The Hall–Kier alpha value is 0.250. The topological polar surface area (TPSA) is 9.23 Å². The second kappa shape index (κ2) is 16.6. The lowest BCUT2D eigenvalue weighted by Crippen LogP contribution is -2.21. The maximum Gasteiger partial charge on any atom is 0.129 e. The Kier molecular flexibility index (Phi) is 16.8. The third-order valence-corrected chi connectivity index (χ3v) is 5.09. The molecule has 0 aromatic heterocycles. The molecule has 0 spiro atoms. The van der Waals surface area contributed by atoms with Crippen molar-refractivity contribution in [1.29, 1.82) is 0 Å². The van der Waals surface area contributed by atoms with Gasteiger partial charge in [0, 0.05) is 17.5 Å². The Bertz CT molecular complexity index is 266. The summed E-state index contributed by atoms with van der Waals surface area (Å²) in [6.45, 7) is 4.51. The van der Waals surface area contributed by atoms with Crippen molar-refractivity contribution in [1.82, 2.24) is 0 Å². The van der Waals surface area contributed by atoms with E-state index in [-0.39, 0.29) is 6.10 Å². The van der Waals surface area contributed by atoms with Crippen molar-refractivity contribution in [3.05, 3.63) is 0 Å². The van der Waals surface area contributed by atoms with Crippen LogP contribution in [0.3, 0.4) is 0 Å². The predicted molar refractivity (Wildman–Crippen MR) is 103 cm³/mol. The third-order valence-electron chi connectivity index (χ3n) is 3.82. The van der Waals surface area contributed by atoms with Crippen LogP contribution < -0.4 is 0 Å². The van der Waals surface area contributed by atoms with E-state index in [1.165, 1.54) is 70.6 Å². The number of alkyl halides is 1. The van der Waals surface area contributed by atoms with Gasteiger partial charge in [0.2, 0.25) is 0 Å². The van der Waals surface area contributed by atoms with Crippen LogP contribution in [0.2, 0.25) is 0 Å². The van der Waals surface area contributed by atoms with Gasteiger partial charge in [-0.2, -0.15) is 0 Å². The van der Waals surface area contributed by atoms with Gasteiger partial charge in [-0.05, 0) is 12.8 Å². The summed E-state index contributed by atoms with van der Waals surface area (Å²) in [4.78, 5) is 0. The molecule has 0 fully saturated rings. The third kappa shape index (κ3) is 13.6. The van der Waals surface area contributed by atoms with Crippen molar-refractivity contribution < 1.29 is 4.74 Å². The summed E-state index contributed by atoms with van der Waals surface area (Å²) < 4.78 is 6.08. The van der Waals surface area contributed by atoms with E-state index >= 15 is 0 Å². The van der Waals surface area contributed by atoms with E-state index in [9.17, 15) is 0 Å². The molecule has 0 aromatic rings. The molecule has 0 aliphatic heterocycles. The monoisotopic (exact) mass is 406 g/mol. The fourth-order valence-electron chi connectivity index (χ4n) is 2.38. The zero-order valence-electron chi connectivity index (χ0n) is 14.4. The Morgan fingerprint density at radius 3 is 2.05 bits per heavy atom. The highest BCUT2D eigenvalue weighted by molar-refractivity contribution is 14.1. The average Bonchev–Trinajstić information content (AvgIpc) is 2.50. The first-order valence-electron chi connectivity index (χ1n) is 8.91. The molecule has 0 N–H and O–H groups in total. The highest BCUT2D eigenvalue weighted by atomic mass is 127. The summed E-state index contributed by atoms with van der Waals surface area (Å²) in [6, 6.07) is 0. The molecule has 0 aliphatic carbocycles. The first-order valence-corrected chi connectivity index (χ1v) is 10.2. The first-order chi connectivity index (χ1) is 10.3. The van der Waals surface area contributed by atoms with Crippen LogP contribution in [-0.2, 0) is 4.74 Å². The minimum absolute atomic E-state index is 0.118. The maximum absolute atomic E-state index is 5.55. The van der Waals surface area contributed by atoms with Gasteiger partial charge in [-0.3, -0.25) is 0 Å². The van der Waals surface area contributed by atoms with E-state index < -0.39 is 0 Å². The molecule has 1 nitrogen and oxygen atoms in total. The van der Waals surface area contributed by atoms with Gasteiger partial charge in [0.15, 0.2) is 0 Å². The molecule has 0 bridgehead atoms. The van der Waals surface area contributed by atoms with Crippen molar-refractivity contribution in [2.45, 2.75) is 101 Å². The second-order valence-corrected chi connectivity index (χ2v) is 7.46.